The molecule has 3 rings (SSSR count). The highest BCUT2D eigenvalue weighted by molar-refractivity contribution is 5.91. The first-order chi connectivity index (χ1) is 8.77. The molecule has 3 aliphatic rings. The van der Waals surface area contributed by atoms with Gasteiger partial charge in [-0.15, -0.1) is 0 Å². The third-order valence-electron chi connectivity index (χ3n) is 4.58. The van der Waals surface area contributed by atoms with Crippen molar-refractivity contribution in [3.05, 3.63) is 11.6 Å². The summed E-state index contributed by atoms with van der Waals surface area (Å²) < 4.78 is 10.3. The summed E-state index contributed by atoms with van der Waals surface area (Å²) in [5.74, 6) is -0.696. The molecule has 2 heterocycles. The summed E-state index contributed by atoms with van der Waals surface area (Å²) in [6.45, 7) is 5.49. The molecule has 2 aliphatic heterocycles. The summed E-state index contributed by atoms with van der Waals surface area (Å²) in [7, 11) is 0. The summed E-state index contributed by atoms with van der Waals surface area (Å²) in [6.07, 6.45) is 1.36. The van der Waals surface area contributed by atoms with Crippen molar-refractivity contribution in [3.63, 3.8) is 0 Å². The van der Waals surface area contributed by atoms with Gasteiger partial charge < -0.3 is 14.6 Å². The van der Waals surface area contributed by atoms with E-state index >= 15 is 0 Å². The van der Waals surface area contributed by atoms with Gasteiger partial charge in [0, 0.05) is 17.9 Å². The first-order valence-corrected chi connectivity index (χ1v) is 6.60. The van der Waals surface area contributed by atoms with Crippen LogP contribution < -0.4 is 0 Å². The Morgan fingerprint density at radius 1 is 1.47 bits per heavy atom. The number of ether oxygens (including phenoxy) is 2. The van der Waals surface area contributed by atoms with Crippen LogP contribution in [0.5, 0.6) is 0 Å². The van der Waals surface area contributed by atoms with Crippen LogP contribution in [0.2, 0.25) is 0 Å². The van der Waals surface area contributed by atoms with Gasteiger partial charge in [-0.25, -0.2) is 4.79 Å². The smallest absolute Gasteiger partial charge is 0.334 e. The van der Waals surface area contributed by atoms with E-state index in [0.29, 0.717) is 12.0 Å². The van der Waals surface area contributed by atoms with Crippen molar-refractivity contribution >= 4 is 11.9 Å². The molecule has 0 aromatic heterocycles. The van der Waals surface area contributed by atoms with E-state index in [-0.39, 0.29) is 24.4 Å². The normalized spacial score (nSPS) is 40.3. The van der Waals surface area contributed by atoms with Crippen molar-refractivity contribution in [3.8, 4) is 0 Å². The van der Waals surface area contributed by atoms with Gasteiger partial charge in [0.1, 0.15) is 17.1 Å². The lowest BCUT2D eigenvalue weighted by molar-refractivity contribution is -0.157. The molecule has 0 bridgehead atoms. The van der Waals surface area contributed by atoms with Crippen LogP contribution in [0.4, 0.5) is 0 Å². The second-order valence-corrected chi connectivity index (χ2v) is 6.31. The van der Waals surface area contributed by atoms with Gasteiger partial charge in [0.25, 0.3) is 0 Å². The van der Waals surface area contributed by atoms with Gasteiger partial charge in [0.15, 0.2) is 0 Å². The molecule has 1 saturated carbocycles. The van der Waals surface area contributed by atoms with Gasteiger partial charge in [0.05, 0.1) is 6.10 Å². The lowest BCUT2D eigenvalue weighted by Crippen LogP contribution is -2.30. The van der Waals surface area contributed by atoms with Crippen LogP contribution in [0.15, 0.2) is 11.6 Å². The predicted molar refractivity (Wildman–Crippen MR) is 65.0 cm³/mol. The SMILES string of the molecule is C[C@@H]1C=C(C[C@H](O)[C@@]23C[C@@H]2C(C)(C)OC3=O)C(=O)O1. The van der Waals surface area contributed by atoms with Crippen molar-refractivity contribution in [2.24, 2.45) is 11.3 Å². The van der Waals surface area contributed by atoms with Gasteiger partial charge in [-0.3, -0.25) is 4.79 Å². The van der Waals surface area contributed by atoms with Crippen LogP contribution >= 0.6 is 0 Å². The Balaban J connectivity index is 1.77. The van der Waals surface area contributed by atoms with Crippen molar-refractivity contribution < 1.29 is 24.2 Å². The van der Waals surface area contributed by atoms with E-state index in [1.165, 1.54) is 0 Å². The molecule has 4 atom stereocenters. The minimum Gasteiger partial charge on any atom is -0.459 e. The van der Waals surface area contributed by atoms with Crippen LogP contribution in [-0.4, -0.2) is 34.9 Å². The molecule has 1 aliphatic carbocycles. The molecule has 0 aromatic carbocycles. The molecular weight excluding hydrogens is 248 g/mol. The van der Waals surface area contributed by atoms with Crippen molar-refractivity contribution in [2.45, 2.75) is 51.4 Å². The minimum atomic E-state index is -0.879. The van der Waals surface area contributed by atoms with Gasteiger partial charge in [-0.1, -0.05) is 0 Å². The Bertz CT molecular complexity index is 492. The molecule has 2 fully saturated rings. The molecule has 19 heavy (non-hydrogen) atoms. The number of aliphatic hydroxyl groups is 1. The zero-order valence-electron chi connectivity index (χ0n) is 11.3. The van der Waals surface area contributed by atoms with Gasteiger partial charge in [-0.05, 0) is 33.3 Å². The number of hydrogen-bond acceptors (Lipinski definition) is 5. The first-order valence-electron chi connectivity index (χ1n) is 6.60. The van der Waals surface area contributed by atoms with Crippen LogP contribution in [0, 0.1) is 11.3 Å². The van der Waals surface area contributed by atoms with Crippen molar-refractivity contribution in [1.82, 2.24) is 0 Å². The fourth-order valence-electron chi connectivity index (χ4n) is 3.45. The fraction of sp³-hybridized carbons (Fsp3) is 0.714. The first kappa shape index (κ1) is 12.7. The van der Waals surface area contributed by atoms with Crippen LogP contribution in [-0.2, 0) is 19.1 Å². The number of esters is 2. The number of fused-ring (bicyclic) bond motifs is 1. The predicted octanol–water partition coefficient (Wildman–Crippen LogP) is 0.951. The largest absolute Gasteiger partial charge is 0.459 e. The van der Waals surface area contributed by atoms with Crippen LogP contribution in [0.1, 0.15) is 33.6 Å². The molecule has 0 spiro atoms. The standard InChI is InChI=1S/C14H18O5/c1-7-4-8(11(16)18-7)5-10(15)14-6-9(14)13(2,3)19-12(14)17/h4,7,9-10,15H,5-6H2,1-3H3/t7-,9-,10+,14-/m1/s1. The van der Waals surface area contributed by atoms with Crippen molar-refractivity contribution in [1.29, 1.82) is 0 Å². The zero-order valence-corrected chi connectivity index (χ0v) is 11.3. The maximum atomic E-state index is 12.0. The third-order valence-corrected chi connectivity index (χ3v) is 4.58. The maximum Gasteiger partial charge on any atom is 0.334 e. The van der Waals surface area contributed by atoms with Gasteiger partial charge in [-0.2, -0.15) is 0 Å². The van der Waals surface area contributed by atoms with E-state index < -0.39 is 23.1 Å². The van der Waals surface area contributed by atoms with E-state index in [2.05, 4.69) is 0 Å². The summed E-state index contributed by atoms with van der Waals surface area (Å²) in [6, 6.07) is 0. The molecular formula is C14H18O5. The number of carbonyl (C=O) groups excluding carboxylic acids is 2. The molecule has 0 aromatic rings. The van der Waals surface area contributed by atoms with Gasteiger partial charge in [0.2, 0.25) is 0 Å². The monoisotopic (exact) mass is 266 g/mol. The summed E-state index contributed by atoms with van der Waals surface area (Å²) in [5.41, 5.74) is -0.871. The average Bonchev–Trinajstić information content (AvgIpc) is 2.92. The maximum absolute atomic E-state index is 12.0. The number of cyclic esters (lactones) is 2. The van der Waals surface area contributed by atoms with E-state index in [4.69, 9.17) is 9.47 Å². The molecule has 5 heteroatoms. The zero-order chi connectivity index (χ0) is 14.0. The molecule has 0 unspecified atom stereocenters. The Morgan fingerprint density at radius 3 is 2.58 bits per heavy atom. The molecule has 0 amide bonds. The Morgan fingerprint density at radius 2 is 2.16 bits per heavy atom. The second-order valence-electron chi connectivity index (χ2n) is 6.31. The summed E-state index contributed by atoms with van der Waals surface area (Å²) in [4.78, 5) is 23.5. The van der Waals surface area contributed by atoms with Crippen LogP contribution in [0.3, 0.4) is 0 Å². The molecule has 0 radical (unpaired) electrons. The molecule has 104 valence electrons. The highest BCUT2D eigenvalue weighted by Crippen LogP contribution is 2.67. The molecule has 1 N–H and O–H groups in total. The average molecular weight is 266 g/mol. The number of carbonyl (C=O) groups is 2. The van der Waals surface area contributed by atoms with Crippen LogP contribution in [0.25, 0.3) is 0 Å². The van der Waals surface area contributed by atoms with E-state index in [9.17, 15) is 14.7 Å². The lowest BCUT2D eigenvalue weighted by atomic mass is 9.89. The Hall–Kier alpha value is -1.36. The lowest BCUT2D eigenvalue weighted by Gasteiger charge is -2.19. The van der Waals surface area contributed by atoms with Gasteiger partial charge >= 0.3 is 11.9 Å². The molecule has 1 saturated heterocycles. The minimum absolute atomic E-state index is 0.0398. The summed E-state index contributed by atoms with van der Waals surface area (Å²) >= 11 is 0. The van der Waals surface area contributed by atoms with E-state index in [1.54, 1.807) is 13.0 Å². The highest BCUT2D eigenvalue weighted by atomic mass is 16.6. The third kappa shape index (κ3) is 1.64. The highest BCUT2D eigenvalue weighted by Gasteiger charge is 2.76. The fourth-order valence-corrected chi connectivity index (χ4v) is 3.45. The van der Waals surface area contributed by atoms with Crippen molar-refractivity contribution in [2.75, 3.05) is 0 Å². The summed E-state index contributed by atoms with van der Waals surface area (Å²) in [5, 5.41) is 10.4. The number of aliphatic hydroxyl groups excluding tert-OH is 1. The number of hydrogen-bond donors (Lipinski definition) is 1. The number of rotatable bonds is 3. The van der Waals surface area contributed by atoms with E-state index in [1.807, 2.05) is 13.8 Å². The second kappa shape index (κ2) is 3.60. The topological polar surface area (TPSA) is 72.8 Å². The Labute approximate surface area is 111 Å². The quantitative estimate of drug-likeness (QED) is 0.770. The molecule has 5 nitrogen and oxygen atoms in total. The Kier molecular flexibility index (Phi) is 2.40. The van der Waals surface area contributed by atoms with E-state index in [0.717, 1.165) is 0 Å².